The molecule has 3 rings (SSSR count). The van der Waals surface area contributed by atoms with Crippen molar-refractivity contribution in [2.45, 2.75) is 32.2 Å². The highest BCUT2D eigenvalue weighted by Crippen LogP contribution is 2.27. The van der Waals surface area contributed by atoms with E-state index in [9.17, 15) is 4.79 Å². The molecule has 0 aliphatic carbocycles. The first-order valence-corrected chi connectivity index (χ1v) is 9.70. The predicted octanol–water partition coefficient (Wildman–Crippen LogP) is 3.07. The lowest BCUT2D eigenvalue weighted by atomic mass is 9.93. The van der Waals surface area contributed by atoms with Gasteiger partial charge in [0.15, 0.2) is 0 Å². The van der Waals surface area contributed by atoms with Crippen molar-refractivity contribution < 1.29 is 9.53 Å². The maximum atomic E-state index is 12.3. The molecule has 0 radical (unpaired) electrons. The summed E-state index contributed by atoms with van der Waals surface area (Å²) < 4.78 is 7.12. The lowest BCUT2D eigenvalue weighted by Gasteiger charge is -2.32. The highest BCUT2D eigenvalue weighted by molar-refractivity contribution is 6.32. The van der Waals surface area contributed by atoms with Gasteiger partial charge in [-0.15, -0.1) is 10.2 Å². The van der Waals surface area contributed by atoms with Crippen molar-refractivity contribution in [3.63, 3.8) is 0 Å². The highest BCUT2D eigenvalue weighted by atomic mass is 35.5. The molecule has 27 heavy (non-hydrogen) atoms. The summed E-state index contributed by atoms with van der Waals surface area (Å²) in [6.07, 6.45) is 7.29. The topological polar surface area (TPSA) is 72.3 Å². The van der Waals surface area contributed by atoms with Gasteiger partial charge in [-0.25, -0.2) is 0 Å². The summed E-state index contributed by atoms with van der Waals surface area (Å²) in [4.78, 5) is 14.7. The number of hydrogen-bond acceptors (Lipinski definition) is 5. The van der Waals surface area contributed by atoms with Crippen LogP contribution in [0.5, 0.6) is 5.75 Å². The molecule has 1 aromatic carbocycles. The van der Waals surface area contributed by atoms with Crippen molar-refractivity contribution >= 4 is 23.2 Å². The number of halogens is 1. The minimum Gasteiger partial charge on any atom is -0.495 e. The van der Waals surface area contributed by atoms with Crippen LogP contribution in [0.2, 0.25) is 5.02 Å². The Labute approximate surface area is 164 Å². The molecule has 1 atom stereocenters. The molecule has 0 saturated carbocycles. The summed E-state index contributed by atoms with van der Waals surface area (Å²) in [5, 5.41) is 11.1. The van der Waals surface area contributed by atoms with E-state index in [0.29, 0.717) is 28.8 Å². The molecule has 1 amide bonds. The Morgan fingerprint density at radius 3 is 2.89 bits per heavy atom. The van der Waals surface area contributed by atoms with Crippen molar-refractivity contribution in [2.75, 3.05) is 32.1 Å². The normalized spacial score (nSPS) is 17.6. The first kappa shape index (κ1) is 19.6. The number of carbonyl (C=O) groups excluding carboxylic acids is 1. The lowest BCUT2D eigenvalue weighted by molar-refractivity contribution is -0.116. The number of anilines is 1. The Balaban J connectivity index is 1.40. The SMILES string of the molecule is COc1ccc(NC(=O)CCC2CCCN(CCn3cnnc3)C2)cc1Cl. The van der Waals surface area contributed by atoms with Crippen LogP contribution >= 0.6 is 11.6 Å². The number of aromatic nitrogens is 3. The standard InChI is InChI=1S/C19H26ClN5O2/c1-27-18-6-5-16(11-17(18)20)23-19(26)7-4-15-3-2-8-24(12-15)9-10-25-13-21-22-14-25/h5-6,11,13-15H,2-4,7-10,12H2,1H3,(H,23,26). The highest BCUT2D eigenvalue weighted by Gasteiger charge is 2.20. The zero-order valence-corrected chi connectivity index (χ0v) is 16.4. The number of piperidine rings is 1. The van der Waals surface area contributed by atoms with Crippen molar-refractivity contribution in [3.05, 3.63) is 35.9 Å². The van der Waals surface area contributed by atoms with Crippen LogP contribution in [-0.4, -0.2) is 52.3 Å². The molecular weight excluding hydrogens is 366 g/mol. The number of nitrogens with one attached hydrogen (secondary N) is 1. The molecule has 0 bridgehead atoms. The van der Waals surface area contributed by atoms with E-state index in [4.69, 9.17) is 16.3 Å². The molecule has 1 saturated heterocycles. The molecule has 146 valence electrons. The first-order valence-electron chi connectivity index (χ1n) is 9.32. The Bertz CT molecular complexity index is 738. The van der Waals surface area contributed by atoms with Gasteiger partial charge in [-0.3, -0.25) is 4.79 Å². The second-order valence-corrected chi connectivity index (χ2v) is 7.35. The first-order chi connectivity index (χ1) is 13.1. The molecule has 1 fully saturated rings. The van der Waals surface area contributed by atoms with Crippen molar-refractivity contribution in [3.8, 4) is 5.75 Å². The summed E-state index contributed by atoms with van der Waals surface area (Å²) in [7, 11) is 1.57. The maximum absolute atomic E-state index is 12.3. The van der Waals surface area contributed by atoms with Crippen molar-refractivity contribution in [1.82, 2.24) is 19.7 Å². The van der Waals surface area contributed by atoms with E-state index in [1.54, 1.807) is 38.0 Å². The molecule has 1 aliphatic heterocycles. The van der Waals surface area contributed by atoms with E-state index < -0.39 is 0 Å². The second-order valence-electron chi connectivity index (χ2n) is 6.94. The third-order valence-corrected chi connectivity index (χ3v) is 5.25. The van der Waals surface area contributed by atoms with Crippen LogP contribution in [0.25, 0.3) is 0 Å². The molecule has 2 heterocycles. The monoisotopic (exact) mass is 391 g/mol. The summed E-state index contributed by atoms with van der Waals surface area (Å²) >= 11 is 6.10. The number of ether oxygens (including phenoxy) is 1. The zero-order valence-electron chi connectivity index (χ0n) is 15.6. The molecule has 1 aromatic heterocycles. The molecule has 2 aromatic rings. The van der Waals surface area contributed by atoms with Crippen LogP contribution in [0.15, 0.2) is 30.9 Å². The average molecular weight is 392 g/mol. The number of rotatable bonds is 8. The fourth-order valence-corrected chi connectivity index (χ4v) is 3.75. The fourth-order valence-electron chi connectivity index (χ4n) is 3.49. The van der Waals surface area contributed by atoms with Crippen LogP contribution in [0.1, 0.15) is 25.7 Å². The summed E-state index contributed by atoms with van der Waals surface area (Å²) in [6, 6.07) is 5.27. The quantitative estimate of drug-likeness (QED) is 0.748. The van der Waals surface area contributed by atoms with Crippen molar-refractivity contribution in [2.24, 2.45) is 5.92 Å². The van der Waals surface area contributed by atoms with E-state index in [0.717, 1.165) is 32.6 Å². The van der Waals surface area contributed by atoms with Gasteiger partial charge in [0.25, 0.3) is 0 Å². The zero-order chi connectivity index (χ0) is 19.1. The lowest BCUT2D eigenvalue weighted by Crippen LogP contribution is -2.37. The molecule has 0 spiro atoms. The van der Waals surface area contributed by atoms with Crippen LogP contribution in [0.4, 0.5) is 5.69 Å². The minimum absolute atomic E-state index is 0.0258. The second kappa shape index (κ2) is 9.71. The Morgan fingerprint density at radius 1 is 1.33 bits per heavy atom. The Morgan fingerprint density at radius 2 is 2.15 bits per heavy atom. The van der Waals surface area contributed by atoms with Gasteiger partial charge in [0.05, 0.1) is 12.1 Å². The molecule has 8 heteroatoms. The fraction of sp³-hybridized carbons (Fsp3) is 0.526. The predicted molar refractivity (Wildman–Crippen MR) is 105 cm³/mol. The van der Waals surface area contributed by atoms with Gasteiger partial charge in [0.2, 0.25) is 5.91 Å². The molecule has 1 aliphatic rings. The Hall–Kier alpha value is -2.12. The number of methoxy groups -OCH3 is 1. The van der Waals surface area contributed by atoms with Gasteiger partial charge in [-0.05, 0) is 49.9 Å². The number of amides is 1. The minimum atomic E-state index is 0.0258. The van der Waals surface area contributed by atoms with Gasteiger partial charge < -0.3 is 19.5 Å². The number of nitrogens with zero attached hydrogens (tertiary/aromatic N) is 4. The number of likely N-dealkylation sites (tertiary alicyclic amines) is 1. The third-order valence-electron chi connectivity index (χ3n) is 4.96. The molecule has 1 N–H and O–H groups in total. The molecule has 1 unspecified atom stereocenters. The largest absolute Gasteiger partial charge is 0.495 e. The maximum Gasteiger partial charge on any atom is 0.224 e. The van der Waals surface area contributed by atoms with Gasteiger partial charge in [0, 0.05) is 31.7 Å². The van der Waals surface area contributed by atoms with E-state index >= 15 is 0 Å². The average Bonchev–Trinajstić information content (AvgIpc) is 3.19. The number of hydrogen-bond donors (Lipinski definition) is 1. The third kappa shape index (κ3) is 5.94. The van der Waals surface area contributed by atoms with Gasteiger partial charge in [0.1, 0.15) is 18.4 Å². The van der Waals surface area contributed by atoms with E-state index in [1.165, 1.54) is 12.8 Å². The van der Waals surface area contributed by atoms with Gasteiger partial charge >= 0.3 is 0 Å². The molecule has 7 nitrogen and oxygen atoms in total. The van der Waals surface area contributed by atoms with E-state index in [-0.39, 0.29) is 5.91 Å². The van der Waals surface area contributed by atoms with Gasteiger partial charge in [-0.1, -0.05) is 11.6 Å². The van der Waals surface area contributed by atoms with Crippen LogP contribution < -0.4 is 10.1 Å². The summed E-state index contributed by atoms with van der Waals surface area (Å²) in [6.45, 7) is 4.06. The van der Waals surface area contributed by atoms with Crippen LogP contribution in [0, 0.1) is 5.92 Å². The molecular formula is C19H26ClN5O2. The van der Waals surface area contributed by atoms with Crippen LogP contribution in [-0.2, 0) is 11.3 Å². The van der Waals surface area contributed by atoms with Crippen LogP contribution in [0.3, 0.4) is 0 Å². The Kier molecular flexibility index (Phi) is 7.06. The number of carbonyl (C=O) groups is 1. The summed E-state index contributed by atoms with van der Waals surface area (Å²) in [5.41, 5.74) is 0.699. The smallest absolute Gasteiger partial charge is 0.224 e. The van der Waals surface area contributed by atoms with E-state index in [1.807, 2.05) is 4.57 Å². The number of benzene rings is 1. The van der Waals surface area contributed by atoms with E-state index in [2.05, 4.69) is 20.4 Å². The van der Waals surface area contributed by atoms with Gasteiger partial charge in [-0.2, -0.15) is 0 Å². The van der Waals surface area contributed by atoms with Crippen molar-refractivity contribution in [1.29, 1.82) is 0 Å². The summed E-state index contributed by atoms with van der Waals surface area (Å²) in [5.74, 6) is 1.19.